The van der Waals surface area contributed by atoms with E-state index in [9.17, 15) is 9.59 Å². The first-order chi connectivity index (χ1) is 10.4. The summed E-state index contributed by atoms with van der Waals surface area (Å²) in [6.45, 7) is 4.87. The Morgan fingerprint density at radius 1 is 1.23 bits per heavy atom. The van der Waals surface area contributed by atoms with E-state index in [1.807, 2.05) is 38.1 Å². The van der Waals surface area contributed by atoms with Crippen LogP contribution in [0.25, 0.3) is 0 Å². The Morgan fingerprint density at radius 2 is 1.91 bits per heavy atom. The second-order valence-corrected chi connectivity index (χ2v) is 5.69. The number of hydrogen-bond acceptors (Lipinski definition) is 3. The Balaban J connectivity index is 2.63. The quantitative estimate of drug-likeness (QED) is 0.761. The van der Waals surface area contributed by atoms with E-state index in [0.717, 1.165) is 11.3 Å². The number of aryl methyl sites for hydroxylation is 1. The maximum Gasteiger partial charge on any atom is 0.305 e. The number of hydrogen-bond donors (Lipinski definition) is 1. The van der Waals surface area contributed by atoms with Crippen molar-refractivity contribution >= 4 is 11.9 Å². The molecule has 0 saturated heterocycles. The molecule has 122 valence electrons. The molecule has 0 aliphatic carbocycles. The third kappa shape index (κ3) is 6.16. The number of amides is 1. The average molecular weight is 307 g/mol. The summed E-state index contributed by atoms with van der Waals surface area (Å²) in [6, 6.07) is 7.62. The molecular weight excluding hydrogens is 282 g/mol. The van der Waals surface area contributed by atoms with Gasteiger partial charge in [0, 0.05) is 19.5 Å². The van der Waals surface area contributed by atoms with Gasteiger partial charge in [0.1, 0.15) is 5.75 Å². The summed E-state index contributed by atoms with van der Waals surface area (Å²) < 4.78 is 5.28. The van der Waals surface area contributed by atoms with E-state index >= 15 is 0 Å². The lowest BCUT2D eigenvalue weighted by molar-refractivity contribution is -0.138. The molecule has 0 bridgehead atoms. The van der Waals surface area contributed by atoms with Crippen LogP contribution in [-0.2, 0) is 16.0 Å². The minimum Gasteiger partial charge on any atom is -0.496 e. The molecule has 0 spiro atoms. The van der Waals surface area contributed by atoms with Gasteiger partial charge in [-0.05, 0) is 24.0 Å². The summed E-state index contributed by atoms with van der Waals surface area (Å²) in [5.74, 6) is 0.187. The highest BCUT2D eigenvalue weighted by Crippen LogP contribution is 2.19. The van der Waals surface area contributed by atoms with Crippen LogP contribution in [0.1, 0.15) is 32.3 Å². The van der Waals surface area contributed by atoms with Gasteiger partial charge in [-0.15, -0.1) is 0 Å². The number of carboxylic acid groups (broad SMARTS) is 1. The van der Waals surface area contributed by atoms with Crippen molar-refractivity contribution < 1.29 is 19.4 Å². The van der Waals surface area contributed by atoms with Crippen LogP contribution in [-0.4, -0.2) is 42.1 Å². The molecule has 0 unspecified atom stereocenters. The molecule has 1 amide bonds. The number of carbonyl (C=O) groups is 2. The number of rotatable bonds is 9. The maximum absolute atomic E-state index is 12.4. The third-order valence-corrected chi connectivity index (χ3v) is 3.33. The Morgan fingerprint density at radius 3 is 2.50 bits per heavy atom. The second-order valence-electron chi connectivity index (χ2n) is 5.69. The van der Waals surface area contributed by atoms with Crippen LogP contribution in [0.5, 0.6) is 5.75 Å². The normalized spacial score (nSPS) is 10.5. The van der Waals surface area contributed by atoms with E-state index < -0.39 is 5.97 Å². The van der Waals surface area contributed by atoms with Gasteiger partial charge in [-0.25, -0.2) is 0 Å². The Bertz CT molecular complexity index is 499. The van der Waals surface area contributed by atoms with E-state index in [0.29, 0.717) is 25.3 Å². The molecule has 1 aromatic carbocycles. The van der Waals surface area contributed by atoms with Crippen molar-refractivity contribution in [2.24, 2.45) is 5.92 Å². The number of benzene rings is 1. The zero-order chi connectivity index (χ0) is 16.5. The number of aliphatic carboxylic acids is 1. The van der Waals surface area contributed by atoms with E-state index in [1.165, 1.54) is 0 Å². The lowest BCUT2D eigenvalue weighted by atomic mass is 10.1. The molecule has 1 aromatic rings. The van der Waals surface area contributed by atoms with E-state index in [-0.39, 0.29) is 18.9 Å². The van der Waals surface area contributed by atoms with Crippen molar-refractivity contribution in [3.05, 3.63) is 29.8 Å². The van der Waals surface area contributed by atoms with Gasteiger partial charge in [0.2, 0.25) is 5.91 Å². The molecule has 5 heteroatoms. The van der Waals surface area contributed by atoms with Crippen LogP contribution < -0.4 is 4.74 Å². The molecule has 5 nitrogen and oxygen atoms in total. The number of nitrogens with zero attached hydrogens (tertiary/aromatic N) is 1. The zero-order valence-electron chi connectivity index (χ0n) is 13.5. The molecule has 0 aliphatic rings. The molecule has 0 atom stereocenters. The number of carboxylic acids is 1. The minimum atomic E-state index is -0.883. The lowest BCUT2D eigenvalue weighted by Gasteiger charge is -2.24. The first kappa shape index (κ1) is 18.0. The Labute approximate surface area is 131 Å². The molecule has 1 rings (SSSR count). The molecule has 0 aliphatic heterocycles. The summed E-state index contributed by atoms with van der Waals surface area (Å²) in [7, 11) is 1.61. The highest BCUT2D eigenvalue weighted by Gasteiger charge is 2.16. The monoisotopic (exact) mass is 307 g/mol. The summed E-state index contributed by atoms with van der Waals surface area (Å²) in [5, 5.41) is 8.80. The fourth-order valence-corrected chi connectivity index (χ4v) is 2.30. The Kier molecular flexibility index (Phi) is 7.43. The van der Waals surface area contributed by atoms with Crippen molar-refractivity contribution in [3.63, 3.8) is 0 Å². The van der Waals surface area contributed by atoms with Crippen LogP contribution >= 0.6 is 0 Å². The first-order valence-corrected chi connectivity index (χ1v) is 7.55. The maximum atomic E-state index is 12.4. The van der Waals surface area contributed by atoms with Gasteiger partial charge in [-0.3, -0.25) is 9.59 Å². The van der Waals surface area contributed by atoms with E-state index in [1.54, 1.807) is 12.0 Å². The van der Waals surface area contributed by atoms with Crippen molar-refractivity contribution in [1.82, 2.24) is 4.90 Å². The van der Waals surface area contributed by atoms with Crippen LogP contribution in [0.4, 0.5) is 0 Å². The SMILES string of the molecule is COc1ccccc1CCC(=O)N(CCC(=O)O)CC(C)C. The zero-order valence-corrected chi connectivity index (χ0v) is 13.5. The van der Waals surface area contributed by atoms with Gasteiger partial charge in [0.15, 0.2) is 0 Å². The summed E-state index contributed by atoms with van der Waals surface area (Å²) in [4.78, 5) is 24.7. The van der Waals surface area contributed by atoms with Crippen molar-refractivity contribution in [2.45, 2.75) is 33.1 Å². The highest BCUT2D eigenvalue weighted by atomic mass is 16.5. The smallest absolute Gasteiger partial charge is 0.305 e. The molecule has 22 heavy (non-hydrogen) atoms. The number of ether oxygens (including phenoxy) is 1. The van der Waals surface area contributed by atoms with Gasteiger partial charge in [-0.1, -0.05) is 32.0 Å². The van der Waals surface area contributed by atoms with Gasteiger partial charge < -0.3 is 14.7 Å². The molecule has 0 radical (unpaired) electrons. The third-order valence-electron chi connectivity index (χ3n) is 3.33. The van der Waals surface area contributed by atoms with Gasteiger partial charge in [-0.2, -0.15) is 0 Å². The largest absolute Gasteiger partial charge is 0.496 e. The van der Waals surface area contributed by atoms with E-state index in [4.69, 9.17) is 9.84 Å². The molecule has 1 N–H and O–H groups in total. The number of methoxy groups -OCH3 is 1. The number of para-hydroxylation sites is 1. The topological polar surface area (TPSA) is 66.8 Å². The Hall–Kier alpha value is -2.04. The minimum absolute atomic E-state index is 0.0131. The van der Waals surface area contributed by atoms with Crippen LogP contribution in [0.3, 0.4) is 0 Å². The van der Waals surface area contributed by atoms with Crippen LogP contribution in [0.15, 0.2) is 24.3 Å². The molecule has 0 fully saturated rings. The molecular formula is C17H25NO4. The molecule has 0 saturated carbocycles. The summed E-state index contributed by atoms with van der Waals surface area (Å²) >= 11 is 0. The van der Waals surface area contributed by atoms with Gasteiger partial charge in [0.05, 0.1) is 13.5 Å². The van der Waals surface area contributed by atoms with Gasteiger partial charge in [0.25, 0.3) is 0 Å². The van der Waals surface area contributed by atoms with E-state index in [2.05, 4.69) is 0 Å². The second kappa shape index (κ2) is 9.07. The molecule has 0 aromatic heterocycles. The van der Waals surface area contributed by atoms with Crippen LogP contribution in [0, 0.1) is 5.92 Å². The summed E-state index contributed by atoms with van der Waals surface area (Å²) in [5.41, 5.74) is 0.987. The fraction of sp³-hybridized carbons (Fsp3) is 0.529. The predicted molar refractivity (Wildman–Crippen MR) is 85.0 cm³/mol. The summed E-state index contributed by atoms with van der Waals surface area (Å²) in [6.07, 6.45) is 0.921. The van der Waals surface area contributed by atoms with Crippen molar-refractivity contribution in [2.75, 3.05) is 20.2 Å². The standard InChI is InChI=1S/C17H25NO4/c1-13(2)12-18(11-10-17(20)21)16(19)9-8-14-6-4-5-7-15(14)22-3/h4-7,13H,8-12H2,1-3H3,(H,20,21). The average Bonchev–Trinajstić information content (AvgIpc) is 2.48. The first-order valence-electron chi connectivity index (χ1n) is 7.55. The van der Waals surface area contributed by atoms with Crippen molar-refractivity contribution in [3.8, 4) is 5.75 Å². The predicted octanol–water partition coefficient (Wildman–Crippen LogP) is 2.59. The van der Waals surface area contributed by atoms with Crippen LogP contribution in [0.2, 0.25) is 0 Å². The highest BCUT2D eigenvalue weighted by molar-refractivity contribution is 5.77. The molecule has 0 heterocycles. The fourth-order valence-electron chi connectivity index (χ4n) is 2.30. The van der Waals surface area contributed by atoms with Crippen molar-refractivity contribution in [1.29, 1.82) is 0 Å². The van der Waals surface area contributed by atoms with Gasteiger partial charge >= 0.3 is 5.97 Å². The number of carbonyl (C=O) groups excluding carboxylic acids is 1. The lowest BCUT2D eigenvalue weighted by Crippen LogP contribution is -2.36.